The van der Waals surface area contributed by atoms with Crippen molar-refractivity contribution in [1.29, 1.82) is 0 Å². The summed E-state index contributed by atoms with van der Waals surface area (Å²) in [7, 11) is 3.39. The molecule has 0 aliphatic heterocycles. The van der Waals surface area contributed by atoms with Gasteiger partial charge in [-0.15, -0.1) is 0 Å². The molecular weight excluding hydrogens is 146 g/mol. The van der Waals surface area contributed by atoms with E-state index in [-0.39, 0.29) is 11.0 Å². The van der Waals surface area contributed by atoms with E-state index in [1.807, 2.05) is 6.92 Å². The van der Waals surface area contributed by atoms with Crippen molar-refractivity contribution in [2.45, 2.75) is 19.6 Å². The predicted molar refractivity (Wildman–Crippen MR) is 40.9 cm³/mol. The number of likely N-dealkylation sites (N-methyl/N-ethyl adjacent to an activating group) is 1. The number of carboxylic acids is 1. The smallest absolute Gasteiger partial charge is 0.359 e. The van der Waals surface area contributed by atoms with Crippen LogP contribution in [0.1, 0.15) is 13.3 Å². The fraction of sp³-hybridized carbons (Fsp3) is 0.857. The minimum absolute atomic E-state index is 0.0466. The van der Waals surface area contributed by atoms with Crippen LogP contribution in [0.2, 0.25) is 0 Å². The summed E-state index contributed by atoms with van der Waals surface area (Å²) in [5.74, 6) is -0.887. The summed E-state index contributed by atoms with van der Waals surface area (Å²) >= 11 is 0. The van der Waals surface area contributed by atoms with Crippen LogP contribution in [-0.4, -0.2) is 47.5 Å². The number of aliphatic carboxylic acids is 1. The lowest BCUT2D eigenvalue weighted by Crippen LogP contribution is -2.51. The van der Waals surface area contributed by atoms with E-state index in [2.05, 4.69) is 0 Å². The summed E-state index contributed by atoms with van der Waals surface area (Å²) in [5.41, 5.74) is 0. The molecule has 1 unspecified atom stereocenters. The Morgan fingerprint density at radius 2 is 2.00 bits per heavy atom. The van der Waals surface area contributed by atoms with E-state index in [4.69, 9.17) is 5.11 Å². The Morgan fingerprint density at radius 1 is 1.55 bits per heavy atom. The first-order valence-electron chi connectivity index (χ1n) is 3.62. The molecule has 2 N–H and O–H groups in total. The van der Waals surface area contributed by atoms with Gasteiger partial charge in [-0.05, 0) is 0 Å². The number of quaternary nitrogens is 1. The number of rotatable bonds is 4. The highest BCUT2D eigenvalue weighted by Gasteiger charge is 2.26. The summed E-state index contributed by atoms with van der Waals surface area (Å²) in [6.07, 6.45) is -0.0219. The van der Waals surface area contributed by atoms with Gasteiger partial charge in [0, 0.05) is 6.42 Å². The molecule has 11 heavy (non-hydrogen) atoms. The Hall–Kier alpha value is -0.610. The summed E-state index contributed by atoms with van der Waals surface area (Å²) in [4.78, 5) is 10.3. The second kappa shape index (κ2) is 3.69. The topological polar surface area (TPSA) is 57.5 Å². The summed E-state index contributed by atoms with van der Waals surface area (Å²) in [6.45, 7) is 1.78. The molecule has 0 aliphatic carbocycles. The number of aliphatic hydroxyl groups excluding tert-OH is 1. The second-order valence-corrected chi connectivity index (χ2v) is 3.22. The van der Waals surface area contributed by atoms with Gasteiger partial charge in [0.05, 0.1) is 14.1 Å². The zero-order chi connectivity index (χ0) is 9.07. The predicted octanol–water partition coefficient (Wildman–Crippen LogP) is -0.124. The maximum atomic E-state index is 10.3. The molecule has 0 rings (SSSR count). The van der Waals surface area contributed by atoms with Gasteiger partial charge in [0.1, 0.15) is 0 Å². The Kier molecular flexibility index (Phi) is 3.48. The van der Waals surface area contributed by atoms with Gasteiger partial charge < -0.3 is 10.2 Å². The van der Waals surface area contributed by atoms with Gasteiger partial charge in [0.15, 0.2) is 12.8 Å². The van der Waals surface area contributed by atoms with Crippen molar-refractivity contribution < 1.29 is 19.5 Å². The van der Waals surface area contributed by atoms with Crippen LogP contribution >= 0.6 is 0 Å². The third-order valence-corrected chi connectivity index (χ3v) is 1.71. The molecule has 0 bridgehead atoms. The fourth-order valence-electron chi connectivity index (χ4n) is 0.948. The monoisotopic (exact) mass is 162 g/mol. The van der Waals surface area contributed by atoms with E-state index in [0.29, 0.717) is 6.42 Å². The van der Waals surface area contributed by atoms with Gasteiger partial charge in [-0.2, -0.15) is 0 Å². The van der Waals surface area contributed by atoms with Crippen molar-refractivity contribution >= 4 is 5.97 Å². The van der Waals surface area contributed by atoms with Crippen molar-refractivity contribution in [1.82, 2.24) is 0 Å². The van der Waals surface area contributed by atoms with E-state index in [0.717, 1.165) is 0 Å². The zero-order valence-corrected chi connectivity index (χ0v) is 7.24. The van der Waals surface area contributed by atoms with Crippen molar-refractivity contribution in [3.05, 3.63) is 0 Å². The van der Waals surface area contributed by atoms with Crippen LogP contribution in [0.3, 0.4) is 0 Å². The van der Waals surface area contributed by atoms with Crippen LogP contribution in [-0.2, 0) is 4.79 Å². The molecular formula is C7H16NO3+. The number of aliphatic hydroxyl groups is 1. The third-order valence-electron chi connectivity index (χ3n) is 1.71. The molecule has 4 heteroatoms. The highest BCUT2D eigenvalue weighted by Crippen LogP contribution is 2.06. The van der Waals surface area contributed by atoms with Gasteiger partial charge in [0.25, 0.3) is 0 Å². The van der Waals surface area contributed by atoms with Crippen molar-refractivity contribution in [3.8, 4) is 0 Å². The number of nitrogens with zero attached hydrogens (tertiary/aromatic N) is 1. The molecule has 0 amide bonds. The van der Waals surface area contributed by atoms with E-state index in [9.17, 15) is 9.90 Å². The van der Waals surface area contributed by atoms with Crippen LogP contribution < -0.4 is 0 Å². The van der Waals surface area contributed by atoms with Crippen molar-refractivity contribution in [3.63, 3.8) is 0 Å². The number of hydrogen-bond donors (Lipinski definition) is 2. The molecule has 0 heterocycles. The standard InChI is InChI=1S/C7H15NO3/c1-4-6(9)8(2,3)5-7(10)11/h6,9H,4-5H2,1-3H3/p+1. The molecule has 0 aromatic carbocycles. The minimum Gasteiger partial charge on any atom is -0.477 e. The van der Waals surface area contributed by atoms with Gasteiger partial charge in [-0.1, -0.05) is 6.92 Å². The quantitative estimate of drug-likeness (QED) is 0.447. The summed E-state index contributed by atoms with van der Waals surface area (Å²) in [5, 5.41) is 17.8. The van der Waals surface area contributed by atoms with Crippen molar-refractivity contribution in [2.75, 3.05) is 20.6 Å². The van der Waals surface area contributed by atoms with Crippen LogP contribution in [0.25, 0.3) is 0 Å². The van der Waals surface area contributed by atoms with E-state index in [1.54, 1.807) is 14.1 Å². The van der Waals surface area contributed by atoms with Gasteiger partial charge in [-0.3, -0.25) is 4.48 Å². The normalized spacial score (nSPS) is 14.5. The first kappa shape index (κ1) is 10.4. The Balaban J connectivity index is 4.08. The average molecular weight is 162 g/mol. The summed E-state index contributed by atoms with van der Waals surface area (Å²) in [6, 6.07) is 0. The zero-order valence-electron chi connectivity index (χ0n) is 7.24. The molecule has 0 radical (unpaired) electrons. The highest BCUT2D eigenvalue weighted by atomic mass is 16.4. The molecule has 0 aromatic rings. The van der Waals surface area contributed by atoms with Crippen LogP contribution in [0.5, 0.6) is 0 Å². The third kappa shape index (κ3) is 3.34. The van der Waals surface area contributed by atoms with Crippen LogP contribution in [0.4, 0.5) is 0 Å². The first-order chi connectivity index (χ1) is 4.90. The maximum Gasteiger partial charge on any atom is 0.359 e. The molecule has 1 atom stereocenters. The van der Waals surface area contributed by atoms with Crippen LogP contribution in [0, 0.1) is 0 Å². The first-order valence-corrected chi connectivity index (χ1v) is 3.62. The van der Waals surface area contributed by atoms with E-state index < -0.39 is 12.2 Å². The van der Waals surface area contributed by atoms with Crippen LogP contribution in [0.15, 0.2) is 0 Å². The molecule has 0 saturated carbocycles. The number of carbonyl (C=O) groups is 1. The molecule has 4 nitrogen and oxygen atoms in total. The molecule has 66 valence electrons. The lowest BCUT2D eigenvalue weighted by atomic mass is 10.3. The average Bonchev–Trinajstić information content (AvgIpc) is 1.83. The second-order valence-electron chi connectivity index (χ2n) is 3.22. The van der Waals surface area contributed by atoms with Gasteiger partial charge in [0.2, 0.25) is 0 Å². The van der Waals surface area contributed by atoms with Gasteiger partial charge >= 0.3 is 5.97 Å². The Labute approximate surface area is 66.6 Å². The van der Waals surface area contributed by atoms with Gasteiger partial charge in [-0.25, -0.2) is 4.79 Å². The van der Waals surface area contributed by atoms with E-state index >= 15 is 0 Å². The summed E-state index contributed by atoms with van der Waals surface area (Å²) < 4.78 is 0.117. The molecule has 0 saturated heterocycles. The molecule has 0 spiro atoms. The lowest BCUT2D eigenvalue weighted by Gasteiger charge is -2.32. The highest BCUT2D eigenvalue weighted by molar-refractivity contribution is 5.67. The van der Waals surface area contributed by atoms with Crippen molar-refractivity contribution in [2.24, 2.45) is 0 Å². The maximum absolute atomic E-state index is 10.3. The lowest BCUT2D eigenvalue weighted by molar-refractivity contribution is -0.930. The Bertz CT molecular complexity index is 145. The Morgan fingerprint density at radius 3 is 2.27 bits per heavy atom. The minimum atomic E-state index is -0.887. The SMILES string of the molecule is CCC(O)[N+](C)(C)CC(=O)O. The number of hydrogen-bond acceptors (Lipinski definition) is 2. The number of carboxylic acid groups (broad SMARTS) is 1. The molecule has 0 fully saturated rings. The molecule has 0 aromatic heterocycles. The largest absolute Gasteiger partial charge is 0.477 e. The molecule has 0 aliphatic rings. The van der Waals surface area contributed by atoms with E-state index in [1.165, 1.54) is 0 Å². The fourth-order valence-corrected chi connectivity index (χ4v) is 0.948.